The first kappa shape index (κ1) is 11.7. The molecule has 1 aromatic carbocycles. The molecule has 0 atom stereocenters. The van der Waals surface area contributed by atoms with E-state index in [9.17, 15) is 4.39 Å². The largest absolute Gasteiger partial charge is 0.485 e. The summed E-state index contributed by atoms with van der Waals surface area (Å²) in [7, 11) is 0. The van der Waals surface area contributed by atoms with Crippen LogP contribution in [-0.2, 0) is 6.61 Å². The summed E-state index contributed by atoms with van der Waals surface area (Å²) in [6.07, 6.45) is 1.57. The average Bonchev–Trinajstić information content (AvgIpc) is 2.32. The molecule has 0 radical (unpaired) electrons. The smallest absolute Gasteiger partial charge is 0.166 e. The van der Waals surface area contributed by atoms with Gasteiger partial charge in [-0.15, -0.1) is 0 Å². The van der Waals surface area contributed by atoms with E-state index in [4.69, 9.17) is 22.1 Å². The molecular formula is C12H10ClFN2O. The Hall–Kier alpha value is -1.81. The van der Waals surface area contributed by atoms with E-state index in [1.165, 1.54) is 18.2 Å². The molecular weight excluding hydrogens is 243 g/mol. The minimum absolute atomic E-state index is 0.145. The summed E-state index contributed by atoms with van der Waals surface area (Å²) in [5, 5.41) is 0.453. The van der Waals surface area contributed by atoms with Crippen molar-refractivity contribution in [2.45, 2.75) is 6.61 Å². The van der Waals surface area contributed by atoms with E-state index in [1.54, 1.807) is 18.3 Å². The van der Waals surface area contributed by atoms with E-state index < -0.39 is 0 Å². The van der Waals surface area contributed by atoms with Crippen molar-refractivity contribution in [1.29, 1.82) is 0 Å². The summed E-state index contributed by atoms with van der Waals surface area (Å²) in [4.78, 5) is 3.88. The summed E-state index contributed by atoms with van der Waals surface area (Å²) in [6.45, 7) is 0.145. The number of rotatable bonds is 3. The van der Waals surface area contributed by atoms with Crippen LogP contribution in [0.25, 0.3) is 0 Å². The first-order chi connectivity index (χ1) is 8.16. The lowest BCUT2D eigenvalue weighted by molar-refractivity contribution is 0.306. The van der Waals surface area contributed by atoms with Crippen LogP contribution in [0.5, 0.6) is 5.75 Å². The Bertz CT molecular complexity index is 534. The molecule has 0 saturated carbocycles. The molecule has 2 N–H and O–H groups in total. The van der Waals surface area contributed by atoms with E-state index in [2.05, 4.69) is 4.98 Å². The van der Waals surface area contributed by atoms with Crippen LogP contribution in [0, 0.1) is 5.82 Å². The number of nitrogens with two attached hydrogens (primary N) is 1. The number of benzene rings is 1. The number of aromatic nitrogens is 1. The Balaban J connectivity index is 2.12. The van der Waals surface area contributed by atoms with Crippen LogP contribution < -0.4 is 10.5 Å². The van der Waals surface area contributed by atoms with Crippen molar-refractivity contribution in [3.05, 3.63) is 52.9 Å². The molecule has 1 aromatic heterocycles. The van der Waals surface area contributed by atoms with Gasteiger partial charge in [-0.25, -0.2) is 9.37 Å². The summed E-state index contributed by atoms with van der Waals surface area (Å²) in [5.41, 5.74) is 6.17. The van der Waals surface area contributed by atoms with Gasteiger partial charge in [0.15, 0.2) is 11.6 Å². The van der Waals surface area contributed by atoms with Crippen molar-refractivity contribution in [1.82, 2.24) is 4.98 Å². The molecule has 0 amide bonds. The van der Waals surface area contributed by atoms with E-state index in [1.807, 2.05) is 0 Å². The second-order valence-electron chi connectivity index (χ2n) is 3.41. The summed E-state index contributed by atoms with van der Waals surface area (Å²) in [5.74, 6) is 0.389. The first-order valence-electron chi connectivity index (χ1n) is 4.94. The maximum atomic E-state index is 13.0. The van der Waals surface area contributed by atoms with Crippen molar-refractivity contribution in [2.75, 3.05) is 5.73 Å². The Labute approximate surface area is 103 Å². The minimum Gasteiger partial charge on any atom is -0.485 e. The molecule has 2 rings (SSSR count). The van der Waals surface area contributed by atoms with Gasteiger partial charge >= 0.3 is 0 Å². The van der Waals surface area contributed by atoms with Crippen LogP contribution >= 0.6 is 11.6 Å². The van der Waals surface area contributed by atoms with Gasteiger partial charge in [-0.3, -0.25) is 0 Å². The molecule has 0 aliphatic carbocycles. The molecule has 0 aliphatic rings. The number of anilines is 1. The highest BCUT2D eigenvalue weighted by Gasteiger charge is 2.05. The molecule has 0 fully saturated rings. The molecule has 2 aromatic rings. The molecule has 5 heteroatoms. The number of hydrogen-bond acceptors (Lipinski definition) is 3. The summed E-state index contributed by atoms with van der Waals surface area (Å²) < 4.78 is 18.4. The number of ether oxygens (including phenoxy) is 1. The first-order valence-corrected chi connectivity index (χ1v) is 5.32. The molecule has 0 bridgehead atoms. The van der Waals surface area contributed by atoms with Gasteiger partial charge in [-0.05, 0) is 30.3 Å². The number of nitrogens with zero attached hydrogens (tertiary/aromatic N) is 1. The monoisotopic (exact) mass is 252 g/mol. The van der Waals surface area contributed by atoms with Crippen molar-refractivity contribution < 1.29 is 9.13 Å². The fourth-order valence-corrected chi connectivity index (χ4v) is 1.51. The van der Waals surface area contributed by atoms with Gasteiger partial charge in [-0.2, -0.15) is 0 Å². The minimum atomic E-state index is -0.354. The summed E-state index contributed by atoms with van der Waals surface area (Å²) >= 11 is 5.91. The van der Waals surface area contributed by atoms with Crippen LogP contribution in [-0.4, -0.2) is 4.98 Å². The molecule has 3 nitrogen and oxygen atoms in total. The second kappa shape index (κ2) is 5.01. The Morgan fingerprint density at radius 1 is 1.35 bits per heavy atom. The van der Waals surface area contributed by atoms with Crippen molar-refractivity contribution >= 4 is 17.4 Å². The van der Waals surface area contributed by atoms with E-state index in [-0.39, 0.29) is 12.4 Å². The predicted octanol–water partition coefficient (Wildman–Crippen LogP) is 3.04. The molecule has 0 aliphatic heterocycles. The third-order valence-electron chi connectivity index (χ3n) is 2.19. The zero-order valence-electron chi connectivity index (χ0n) is 8.86. The number of hydrogen-bond donors (Lipinski definition) is 1. The van der Waals surface area contributed by atoms with Crippen LogP contribution in [0.3, 0.4) is 0 Å². The lowest BCUT2D eigenvalue weighted by Crippen LogP contribution is -2.01. The van der Waals surface area contributed by atoms with Gasteiger partial charge in [0.1, 0.15) is 12.4 Å². The number of halogens is 2. The van der Waals surface area contributed by atoms with Gasteiger partial charge in [0.2, 0.25) is 0 Å². The van der Waals surface area contributed by atoms with Gasteiger partial charge < -0.3 is 10.5 Å². The van der Waals surface area contributed by atoms with E-state index >= 15 is 0 Å². The van der Waals surface area contributed by atoms with Gasteiger partial charge in [-0.1, -0.05) is 11.6 Å². The average molecular weight is 253 g/mol. The number of pyridine rings is 1. The topological polar surface area (TPSA) is 48.1 Å². The maximum Gasteiger partial charge on any atom is 0.166 e. The number of nitrogen functional groups attached to an aromatic ring is 1. The normalized spacial score (nSPS) is 10.2. The highest BCUT2D eigenvalue weighted by atomic mass is 35.5. The molecule has 0 unspecified atom stereocenters. The second-order valence-corrected chi connectivity index (χ2v) is 3.82. The lowest BCUT2D eigenvalue weighted by Gasteiger charge is -2.09. The Morgan fingerprint density at radius 2 is 2.18 bits per heavy atom. The molecule has 88 valence electrons. The van der Waals surface area contributed by atoms with Gasteiger partial charge in [0, 0.05) is 16.8 Å². The van der Waals surface area contributed by atoms with Crippen LogP contribution in [0.1, 0.15) is 5.56 Å². The van der Waals surface area contributed by atoms with E-state index in [0.717, 1.165) is 0 Å². The van der Waals surface area contributed by atoms with Crippen molar-refractivity contribution in [3.8, 4) is 5.75 Å². The fourth-order valence-electron chi connectivity index (χ4n) is 1.33. The van der Waals surface area contributed by atoms with Crippen LogP contribution in [0.2, 0.25) is 5.02 Å². The van der Waals surface area contributed by atoms with Gasteiger partial charge in [0.05, 0.1) is 0 Å². The zero-order chi connectivity index (χ0) is 12.3. The fraction of sp³-hybridized carbons (Fsp3) is 0.0833. The maximum absolute atomic E-state index is 13.0. The quantitative estimate of drug-likeness (QED) is 0.913. The standard InChI is InChI=1S/C12H10ClFN2O/c13-10-4-3-9(14)6-8(10)7-17-11-2-1-5-16-12(11)15/h1-6H,7H2,(H2,15,16). The third-order valence-corrected chi connectivity index (χ3v) is 2.56. The predicted molar refractivity (Wildman–Crippen MR) is 64.4 cm³/mol. The Kier molecular flexibility index (Phi) is 3.44. The van der Waals surface area contributed by atoms with Crippen molar-refractivity contribution in [3.63, 3.8) is 0 Å². The zero-order valence-corrected chi connectivity index (χ0v) is 9.62. The van der Waals surface area contributed by atoms with Gasteiger partial charge in [0.25, 0.3) is 0 Å². The third kappa shape index (κ3) is 2.85. The highest BCUT2D eigenvalue weighted by Crippen LogP contribution is 2.22. The van der Waals surface area contributed by atoms with E-state index in [0.29, 0.717) is 22.2 Å². The molecule has 1 heterocycles. The molecule has 0 saturated heterocycles. The van der Waals surface area contributed by atoms with Crippen LogP contribution in [0.15, 0.2) is 36.5 Å². The molecule has 0 spiro atoms. The highest BCUT2D eigenvalue weighted by molar-refractivity contribution is 6.31. The molecule has 17 heavy (non-hydrogen) atoms. The SMILES string of the molecule is Nc1ncccc1OCc1cc(F)ccc1Cl. The van der Waals surface area contributed by atoms with Crippen LogP contribution in [0.4, 0.5) is 10.2 Å². The van der Waals surface area contributed by atoms with Crippen molar-refractivity contribution in [2.24, 2.45) is 0 Å². The summed E-state index contributed by atoms with van der Waals surface area (Å²) in [6, 6.07) is 7.51. The lowest BCUT2D eigenvalue weighted by atomic mass is 10.2. The Morgan fingerprint density at radius 3 is 2.94 bits per heavy atom.